The monoisotopic (exact) mass is 381 g/mol. The largest absolute Gasteiger partial charge is 0.322 e. The van der Waals surface area contributed by atoms with E-state index in [1.807, 2.05) is 32.0 Å². The minimum Gasteiger partial charge on any atom is -0.322 e. The number of sulfonamides is 1. The van der Waals surface area contributed by atoms with Crippen molar-refractivity contribution in [1.29, 1.82) is 0 Å². The van der Waals surface area contributed by atoms with E-state index in [0.717, 1.165) is 11.1 Å². The summed E-state index contributed by atoms with van der Waals surface area (Å²) in [6.07, 6.45) is 3.06. The van der Waals surface area contributed by atoms with E-state index in [-0.39, 0.29) is 10.8 Å². The van der Waals surface area contributed by atoms with E-state index in [2.05, 4.69) is 15.0 Å². The number of carbonyl (C=O) groups is 1. The lowest BCUT2D eigenvalue weighted by Gasteiger charge is -2.13. The Labute approximate surface area is 158 Å². The zero-order valence-corrected chi connectivity index (χ0v) is 15.7. The third-order valence-electron chi connectivity index (χ3n) is 4.08. The van der Waals surface area contributed by atoms with Crippen LogP contribution in [0.1, 0.15) is 21.5 Å². The van der Waals surface area contributed by atoms with Gasteiger partial charge in [-0.25, -0.2) is 8.42 Å². The lowest BCUT2D eigenvalue weighted by atomic mass is 10.1. The molecule has 0 aliphatic heterocycles. The fraction of sp³-hybridized carbons (Fsp3) is 0.100. The Balaban J connectivity index is 1.77. The van der Waals surface area contributed by atoms with Crippen molar-refractivity contribution >= 4 is 27.3 Å². The van der Waals surface area contributed by atoms with Gasteiger partial charge < -0.3 is 5.32 Å². The standard InChI is InChI=1S/C20H19N3O3S/c1-14-4-3-5-15(2)19(14)23-27(25,26)18-8-6-17(7-9-18)22-20(24)16-10-12-21-13-11-16/h3-13,23H,1-2H3,(H,22,24). The maximum Gasteiger partial charge on any atom is 0.261 e. The van der Waals surface area contributed by atoms with E-state index < -0.39 is 10.0 Å². The molecule has 138 valence electrons. The second-order valence-corrected chi connectivity index (χ2v) is 7.77. The van der Waals surface area contributed by atoms with Gasteiger partial charge >= 0.3 is 0 Å². The highest BCUT2D eigenvalue weighted by molar-refractivity contribution is 7.92. The molecule has 0 bridgehead atoms. The van der Waals surface area contributed by atoms with E-state index in [9.17, 15) is 13.2 Å². The Bertz CT molecular complexity index is 1040. The van der Waals surface area contributed by atoms with Gasteiger partial charge in [0.15, 0.2) is 0 Å². The van der Waals surface area contributed by atoms with Crippen molar-refractivity contribution in [3.05, 3.63) is 83.7 Å². The van der Waals surface area contributed by atoms with Crippen LogP contribution in [0.3, 0.4) is 0 Å². The minimum absolute atomic E-state index is 0.118. The molecule has 1 heterocycles. The molecule has 3 rings (SSSR count). The number of hydrogen-bond donors (Lipinski definition) is 2. The molecular formula is C20H19N3O3S. The summed E-state index contributed by atoms with van der Waals surface area (Å²) in [5, 5.41) is 2.72. The van der Waals surface area contributed by atoms with Crippen molar-refractivity contribution in [1.82, 2.24) is 4.98 Å². The summed E-state index contributed by atoms with van der Waals surface area (Å²) >= 11 is 0. The summed E-state index contributed by atoms with van der Waals surface area (Å²) in [6, 6.07) is 14.8. The minimum atomic E-state index is -3.73. The van der Waals surface area contributed by atoms with Crippen LogP contribution in [0, 0.1) is 13.8 Å². The molecular weight excluding hydrogens is 362 g/mol. The van der Waals surface area contributed by atoms with Crippen LogP contribution < -0.4 is 10.0 Å². The van der Waals surface area contributed by atoms with Gasteiger partial charge in [0, 0.05) is 23.6 Å². The number of nitrogens with one attached hydrogen (secondary N) is 2. The number of carbonyl (C=O) groups excluding carboxylic acids is 1. The van der Waals surface area contributed by atoms with Crippen molar-refractivity contribution in [2.75, 3.05) is 10.0 Å². The summed E-state index contributed by atoms with van der Waals surface area (Å²) in [7, 11) is -3.73. The molecule has 6 nitrogen and oxygen atoms in total. The highest BCUT2D eigenvalue weighted by Gasteiger charge is 2.16. The second-order valence-electron chi connectivity index (χ2n) is 6.09. The summed E-state index contributed by atoms with van der Waals surface area (Å²) in [6.45, 7) is 3.70. The quantitative estimate of drug-likeness (QED) is 0.704. The molecule has 0 fully saturated rings. The second kappa shape index (κ2) is 7.59. The van der Waals surface area contributed by atoms with Gasteiger partial charge in [-0.3, -0.25) is 14.5 Å². The first-order valence-electron chi connectivity index (χ1n) is 8.27. The van der Waals surface area contributed by atoms with Crippen LogP contribution in [0.4, 0.5) is 11.4 Å². The topological polar surface area (TPSA) is 88.2 Å². The number of anilines is 2. The molecule has 1 amide bonds. The molecule has 3 aromatic rings. The smallest absolute Gasteiger partial charge is 0.261 e. The molecule has 0 aliphatic carbocycles. The first-order valence-corrected chi connectivity index (χ1v) is 9.75. The molecule has 2 aromatic carbocycles. The van der Waals surface area contributed by atoms with Crippen molar-refractivity contribution in [2.45, 2.75) is 18.7 Å². The van der Waals surface area contributed by atoms with Crippen LogP contribution in [-0.4, -0.2) is 19.3 Å². The molecule has 7 heteroatoms. The van der Waals surface area contributed by atoms with Crippen LogP contribution in [0.25, 0.3) is 0 Å². The van der Waals surface area contributed by atoms with Crippen molar-refractivity contribution in [3.8, 4) is 0 Å². The zero-order valence-electron chi connectivity index (χ0n) is 14.9. The van der Waals surface area contributed by atoms with E-state index >= 15 is 0 Å². The number of rotatable bonds is 5. The Hall–Kier alpha value is -3.19. The predicted molar refractivity (Wildman–Crippen MR) is 105 cm³/mol. The normalized spacial score (nSPS) is 11.0. The molecule has 0 saturated heterocycles. The average molecular weight is 381 g/mol. The third kappa shape index (κ3) is 4.32. The fourth-order valence-electron chi connectivity index (χ4n) is 2.59. The van der Waals surface area contributed by atoms with Gasteiger partial charge in [0.05, 0.1) is 10.6 Å². The lowest BCUT2D eigenvalue weighted by molar-refractivity contribution is 0.102. The van der Waals surface area contributed by atoms with Gasteiger partial charge in [0.25, 0.3) is 15.9 Å². The number of benzene rings is 2. The number of aryl methyl sites for hydroxylation is 2. The fourth-order valence-corrected chi connectivity index (χ4v) is 3.80. The van der Waals surface area contributed by atoms with Gasteiger partial charge in [0.2, 0.25) is 0 Å². The maximum absolute atomic E-state index is 12.7. The molecule has 0 spiro atoms. The Morgan fingerprint density at radius 2 is 1.48 bits per heavy atom. The van der Waals surface area contributed by atoms with E-state index in [1.54, 1.807) is 24.3 Å². The SMILES string of the molecule is Cc1cccc(C)c1NS(=O)(=O)c1ccc(NC(=O)c2ccncc2)cc1. The number of hydrogen-bond acceptors (Lipinski definition) is 4. The van der Waals surface area contributed by atoms with Gasteiger partial charge in [0.1, 0.15) is 0 Å². The molecule has 1 aromatic heterocycles. The Kier molecular flexibility index (Phi) is 5.23. The van der Waals surface area contributed by atoms with Gasteiger partial charge in [-0.2, -0.15) is 0 Å². The average Bonchev–Trinajstić information content (AvgIpc) is 2.66. The molecule has 0 radical (unpaired) electrons. The van der Waals surface area contributed by atoms with E-state index in [4.69, 9.17) is 0 Å². The third-order valence-corrected chi connectivity index (χ3v) is 5.45. The van der Waals surface area contributed by atoms with E-state index in [1.165, 1.54) is 24.5 Å². The van der Waals surface area contributed by atoms with Gasteiger partial charge in [-0.05, 0) is 61.4 Å². The number of aromatic nitrogens is 1. The highest BCUT2D eigenvalue weighted by atomic mass is 32.2. The summed E-state index contributed by atoms with van der Waals surface area (Å²) in [5.41, 5.74) is 3.24. The number of nitrogens with zero attached hydrogens (tertiary/aromatic N) is 1. The van der Waals surface area contributed by atoms with Gasteiger partial charge in [-0.15, -0.1) is 0 Å². The van der Waals surface area contributed by atoms with Crippen LogP contribution in [-0.2, 0) is 10.0 Å². The number of para-hydroxylation sites is 1. The van der Waals surface area contributed by atoms with Crippen molar-refractivity contribution in [2.24, 2.45) is 0 Å². The maximum atomic E-state index is 12.7. The zero-order chi connectivity index (χ0) is 19.4. The lowest BCUT2D eigenvalue weighted by Crippen LogP contribution is -2.15. The van der Waals surface area contributed by atoms with Crippen LogP contribution >= 0.6 is 0 Å². The predicted octanol–water partition coefficient (Wildman–Crippen LogP) is 3.75. The first kappa shape index (κ1) is 18.6. The molecule has 0 aliphatic rings. The molecule has 0 saturated carbocycles. The van der Waals surface area contributed by atoms with Gasteiger partial charge in [-0.1, -0.05) is 18.2 Å². The highest BCUT2D eigenvalue weighted by Crippen LogP contribution is 2.24. The van der Waals surface area contributed by atoms with Crippen LogP contribution in [0.5, 0.6) is 0 Å². The molecule has 0 atom stereocenters. The van der Waals surface area contributed by atoms with Crippen molar-refractivity contribution in [3.63, 3.8) is 0 Å². The Morgan fingerprint density at radius 1 is 0.889 bits per heavy atom. The first-order chi connectivity index (χ1) is 12.9. The van der Waals surface area contributed by atoms with Crippen LogP contribution in [0.15, 0.2) is 71.9 Å². The summed E-state index contributed by atoms with van der Waals surface area (Å²) in [4.78, 5) is 16.1. The van der Waals surface area contributed by atoms with Crippen molar-refractivity contribution < 1.29 is 13.2 Å². The van der Waals surface area contributed by atoms with Crippen LogP contribution in [0.2, 0.25) is 0 Å². The number of amides is 1. The molecule has 2 N–H and O–H groups in total. The van der Waals surface area contributed by atoms with E-state index in [0.29, 0.717) is 16.9 Å². The number of pyridine rings is 1. The summed E-state index contributed by atoms with van der Waals surface area (Å²) < 4.78 is 27.9. The molecule has 27 heavy (non-hydrogen) atoms. The Morgan fingerprint density at radius 3 is 2.07 bits per heavy atom. The molecule has 0 unspecified atom stereocenters. The summed E-state index contributed by atoms with van der Waals surface area (Å²) in [5.74, 6) is -0.290.